The third-order valence-electron chi connectivity index (χ3n) is 4.95. The highest BCUT2D eigenvalue weighted by Crippen LogP contribution is 2.25. The van der Waals surface area contributed by atoms with Crippen molar-refractivity contribution in [2.75, 3.05) is 26.2 Å². The van der Waals surface area contributed by atoms with Crippen LogP contribution in [-0.2, 0) is 14.8 Å². The van der Waals surface area contributed by atoms with Crippen LogP contribution < -0.4 is 5.32 Å². The summed E-state index contributed by atoms with van der Waals surface area (Å²) in [6, 6.07) is 8.69. The number of fused-ring (bicyclic) bond motifs is 1. The number of carbonyl (C=O) groups excluding carboxylic acids is 1. The number of para-hydroxylation sites is 1. The van der Waals surface area contributed by atoms with Crippen LogP contribution in [0.1, 0.15) is 25.7 Å². The summed E-state index contributed by atoms with van der Waals surface area (Å²) < 4.78 is 28.0. The highest BCUT2D eigenvalue weighted by molar-refractivity contribution is 7.89. The Labute approximate surface area is 159 Å². The first-order valence-electron chi connectivity index (χ1n) is 9.24. The van der Waals surface area contributed by atoms with Gasteiger partial charge in [0.25, 0.3) is 0 Å². The Bertz CT molecular complexity index is 895. The summed E-state index contributed by atoms with van der Waals surface area (Å²) in [5.41, 5.74) is 0.437. The SMILES string of the molecule is O=C1CCN(S(=O)(=O)c2cccc3cccnc23)CCCC(CO)CCN1. The zero-order valence-electron chi connectivity index (χ0n) is 15.2. The highest BCUT2D eigenvalue weighted by Gasteiger charge is 2.27. The lowest BCUT2D eigenvalue weighted by atomic mass is 10.0. The van der Waals surface area contributed by atoms with Gasteiger partial charge >= 0.3 is 0 Å². The lowest BCUT2D eigenvalue weighted by molar-refractivity contribution is -0.121. The molecular weight excluding hydrogens is 366 g/mol. The van der Waals surface area contributed by atoms with Crippen LogP contribution in [0.2, 0.25) is 0 Å². The summed E-state index contributed by atoms with van der Waals surface area (Å²) in [7, 11) is -3.79. The van der Waals surface area contributed by atoms with Crippen molar-refractivity contribution >= 4 is 26.8 Å². The van der Waals surface area contributed by atoms with Gasteiger partial charge in [0.15, 0.2) is 0 Å². The van der Waals surface area contributed by atoms with Crippen molar-refractivity contribution in [1.82, 2.24) is 14.6 Å². The standard InChI is InChI=1S/C19H25N3O4S/c23-14-15-4-3-12-22(13-9-18(24)20-11-8-15)27(25,26)17-7-1-5-16-6-2-10-21-19(16)17/h1-2,5-7,10,15,23H,3-4,8-9,11-14H2,(H,20,24). The zero-order chi connectivity index (χ0) is 19.3. The Morgan fingerprint density at radius 2 is 2.00 bits per heavy atom. The molecule has 1 aliphatic rings. The van der Waals surface area contributed by atoms with Crippen LogP contribution in [0.4, 0.5) is 0 Å². The predicted molar refractivity (Wildman–Crippen MR) is 103 cm³/mol. The van der Waals surface area contributed by atoms with Crippen LogP contribution in [-0.4, -0.2) is 55.0 Å². The van der Waals surface area contributed by atoms with Gasteiger partial charge in [-0.2, -0.15) is 4.31 Å². The summed E-state index contributed by atoms with van der Waals surface area (Å²) in [5, 5.41) is 13.0. The van der Waals surface area contributed by atoms with Crippen molar-refractivity contribution < 1.29 is 18.3 Å². The second-order valence-electron chi connectivity index (χ2n) is 6.81. The van der Waals surface area contributed by atoms with Crippen molar-refractivity contribution in [3.05, 3.63) is 36.5 Å². The first kappa shape index (κ1) is 19.7. The van der Waals surface area contributed by atoms with Gasteiger partial charge in [0.1, 0.15) is 4.90 Å². The third-order valence-corrected chi connectivity index (χ3v) is 6.88. The average molecular weight is 391 g/mol. The molecule has 146 valence electrons. The zero-order valence-corrected chi connectivity index (χ0v) is 16.0. The molecule has 1 amide bonds. The second kappa shape index (κ2) is 8.77. The summed E-state index contributed by atoms with van der Waals surface area (Å²) in [6.45, 7) is 0.983. The lowest BCUT2D eigenvalue weighted by Gasteiger charge is -2.23. The molecule has 27 heavy (non-hydrogen) atoms. The fourth-order valence-corrected chi connectivity index (χ4v) is 5.03. The molecule has 0 radical (unpaired) electrons. The number of nitrogens with zero attached hydrogens (tertiary/aromatic N) is 2. The number of hydrogen-bond acceptors (Lipinski definition) is 5. The average Bonchev–Trinajstić information content (AvgIpc) is 2.72. The maximum Gasteiger partial charge on any atom is 0.245 e. The topological polar surface area (TPSA) is 99.6 Å². The van der Waals surface area contributed by atoms with E-state index in [4.69, 9.17) is 0 Å². The number of aliphatic hydroxyl groups excluding tert-OH is 1. The largest absolute Gasteiger partial charge is 0.396 e. The summed E-state index contributed by atoms with van der Waals surface area (Å²) in [5.74, 6) is -0.114. The molecule has 1 aromatic carbocycles. The van der Waals surface area contributed by atoms with Gasteiger partial charge in [0, 0.05) is 44.2 Å². The van der Waals surface area contributed by atoms with Gasteiger partial charge in [0.2, 0.25) is 15.9 Å². The normalized spacial score (nSPS) is 20.8. The van der Waals surface area contributed by atoms with E-state index in [9.17, 15) is 18.3 Å². The van der Waals surface area contributed by atoms with E-state index in [0.717, 1.165) is 5.39 Å². The Morgan fingerprint density at radius 1 is 1.19 bits per heavy atom. The maximum absolute atomic E-state index is 13.3. The van der Waals surface area contributed by atoms with Crippen LogP contribution in [0.5, 0.6) is 0 Å². The number of carbonyl (C=O) groups is 1. The van der Waals surface area contributed by atoms with E-state index in [1.54, 1.807) is 24.4 Å². The van der Waals surface area contributed by atoms with Gasteiger partial charge in [-0.3, -0.25) is 9.78 Å². The van der Waals surface area contributed by atoms with E-state index >= 15 is 0 Å². The molecule has 2 N–H and O–H groups in total. The van der Waals surface area contributed by atoms with Gasteiger partial charge in [-0.15, -0.1) is 0 Å². The first-order chi connectivity index (χ1) is 13.0. The van der Waals surface area contributed by atoms with E-state index in [0.29, 0.717) is 37.9 Å². The van der Waals surface area contributed by atoms with Crippen LogP contribution in [0.15, 0.2) is 41.4 Å². The Balaban J connectivity index is 1.91. The summed E-state index contributed by atoms with van der Waals surface area (Å²) in [4.78, 5) is 16.4. The summed E-state index contributed by atoms with van der Waals surface area (Å²) in [6.07, 6.45) is 3.74. The predicted octanol–water partition coefficient (Wildman–Crippen LogP) is 1.52. The van der Waals surface area contributed by atoms with E-state index in [1.165, 1.54) is 4.31 Å². The molecule has 1 fully saturated rings. The number of aromatic nitrogens is 1. The molecule has 0 spiro atoms. The quantitative estimate of drug-likeness (QED) is 0.826. The maximum atomic E-state index is 13.3. The minimum absolute atomic E-state index is 0.0376. The fraction of sp³-hybridized carbons (Fsp3) is 0.474. The molecule has 0 bridgehead atoms. The monoisotopic (exact) mass is 391 g/mol. The number of hydrogen-bond donors (Lipinski definition) is 2. The van der Waals surface area contributed by atoms with E-state index < -0.39 is 10.0 Å². The molecule has 8 heteroatoms. The minimum Gasteiger partial charge on any atom is -0.396 e. The van der Waals surface area contributed by atoms with Crippen molar-refractivity contribution in [3.8, 4) is 0 Å². The van der Waals surface area contributed by atoms with Crippen LogP contribution in [0, 0.1) is 5.92 Å². The van der Waals surface area contributed by atoms with E-state index in [1.807, 2.05) is 12.1 Å². The first-order valence-corrected chi connectivity index (χ1v) is 10.7. The molecular formula is C19H25N3O4S. The number of amides is 1. The number of aliphatic hydroxyl groups is 1. The number of benzene rings is 1. The molecule has 1 atom stereocenters. The second-order valence-corrected chi connectivity index (χ2v) is 8.72. The van der Waals surface area contributed by atoms with Crippen molar-refractivity contribution in [2.45, 2.75) is 30.6 Å². The summed E-state index contributed by atoms with van der Waals surface area (Å²) >= 11 is 0. The molecule has 0 aliphatic carbocycles. The lowest BCUT2D eigenvalue weighted by Crippen LogP contribution is -2.36. The molecule has 2 aromatic rings. The van der Waals surface area contributed by atoms with E-state index in [-0.39, 0.29) is 36.3 Å². The van der Waals surface area contributed by atoms with Crippen LogP contribution in [0.3, 0.4) is 0 Å². The van der Waals surface area contributed by atoms with Crippen molar-refractivity contribution in [2.24, 2.45) is 5.92 Å². The van der Waals surface area contributed by atoms with Crippen molar-refractivity contribution in [3.63, 3.8) is 0 Å². The van der Waals surface area contributed by atoms with E-state index in [2.05, 4.69) is 10.3 Å². The van der Waals surface area contributed by atoms with Crippen LogP contribution >= 0.6 is 0 Å². The number of rotatable bonds is 3. The fourth-order valence-electron chi connectivity index (χ4n) is 3.39. The molecule has 2 heterocycles. The molecule has 7 nitrogen and oxygen atoms in total. The smallest absolute Gasteiger partial charge is 0.245 e. The van der Waals surface area contributed by atoms with Gasteiger partial charge in [-0.25, -0.2) is 8.42 Å². The number of pyridine rings is 1. The Morgan fingerprint density at radius 3 is 2.81 bits per heavy atom. The molecule has 3 rings (SSSR count). The number of nitrogens with one attached hydrogen (secondary N) is 1. The van der Waals surface area contributed by atoms with Gasteiger partial charge in [-0.05, 0) is 37.3 Å². The molecule has 0 saturated carbocycles. The molecule has 1 aromatic heterocycles. The highest BCUT2D eigenvalue weighted by atomic mass is 32.2. The third kappa shape index (κ3) is 4.63. The molecule has 1 aliphatic heterocycles. The van der Waals surface area contributed by atoms with Gasteiger partial charge in [-0.1, -0.05) is 18.2 Å². The van der Waals surface area contributed by atoms with Crippen molar-refractivity contribution in [1.29, 1.82) is 0 Å². The number of sulfonamides is 1. The molecule has 1 unspecified atom stereocenters. The Hall–Kier alpha value is -2.03. The Kier molecular flexibility index (Phi) is 6.41. The van der Waals surface area contributed by atoms with Gasteiger partial charge in [0.05, 0.1) is 5.52 Å². The molecule has 1 saturated heterocycles. The minimum atomic E-state index is -3.79. The van der Waals surface area contributed by atoms with Gasteiger partial charge < -0.3 is 10.4 Å². The van der Waals surface area contributed by atoms with Crippen LogP contribution in [0.25, 0.3) is 10.9 Å².